The van der Waals surface area contributed by atoms with Gasteiger partial charge < -0.3 is 14.5 Å². The SMILES string of the molecule is O=C(c1ncn[nH]1)N1CCN(C(=O)C2CCCO2)CC1. The molecule has 2 aliphatic heterocycles. The van der Waals surface area contributed by atoms with Crippen molar-refractivity contribution in [3.05, 3.63) is 12.2 Å². The third kappa shape index (κ3) is 2.51. The van der Waals surface area contributed by atoms with Crippen LogP contribution < -0.4 is 0 Å². The topological polar surface area (TPSA) is 91.4 Å². The molecule has 0 bridgehead atoms. The van der Waals surface area contributed by atoms with Gasteiger partial charge in [-0.3, -0.25) is 14.7 Å². The largest absolute Gasteiger partial charge is 0.368 e. The first kappa shape index (κ1) is 13.0. The van der Waals surface area contributed by atoms with Gasteiger partial charge in [0.1, 0.15) is 12.4 Å². The van der Waals surface area contributed by atoms with Crippen LogP contribution in [0.1, 0.15) is 23.5 Å². The second kappa shape index (κ2) is 5.58. The van der Waals surface area contributed by atoms with Crippen LogP contribution in [0.2, 0.25) is 0 Å². The summed E-state index contributed by atoms with van der Waals surface area (Å²) >= 11 is 0. The van der Waals surface area contributed by atoms with E-state index in [1.165, 1.54) is 6.33 Å². The lowest BCUT2D eigenvalue weighted by Crippen LogP contribution is -2.53. The van der Waals surface area contributed by atoms with Crippen LogP contribution in [0.25, 0.3) is 0 Å². The molecule has 1 aromatic heterocycles. The van der Waals surface area contributed by atoms with E-state index in [0.29, 0.717) is 32.8 Å². The number of nitrogens with one attached hydrogen (secondary N) is 1. The van der Waals surface area contributed by atoms with E-state index in [1.54, 1.807) is 9.80 Å². The van der Waals surface area contributed by atoms with E-state index in [4.69, 9.17) is 4.74 Å². The predicted octanol–water partition coefficient (Wildman–Crippen LogP) is -0.732. The van der Waals surface area contributed by atoms with Crippen LogP contribution in [0.4, 0.5) is 0 Å². The minimum absolute atomic E-state index is 0.0502. The fourth-order valence-electron chi connectivity index (χ4n) is 2.56. The van der Waals surface area contributed by atoms with Gasteiger partial charge in [0.15, 0.2) is 0 Å². The Labute approximate surface area is 116 Å². The van der Waals surface area contributed by atoms with E-state index >= 15 is 0 Å². The van der Waals surface area contributed by atoms with Crippen molar-refractivity contribution in [3.63, 3.8) is 0 Å². The summed E-state index contributed by atoms with van der Waals surface area (Å²) in [6, 6.07) is 0. The number of ether oxygens (including phenoxy) is 1. The van der Waals surface area contributed by atoms with Gasteiger partial charge >= 0.3 is 0 Å². The first-order valence-corrected chi connectivity index (χ1v) is 6.81. The monoisotopic (exact) mass is 279 g/mol. The Kier molecular flexibility index (Phi) is 3.64. The van der Waals surface area contributed by atoms with Crippen molar-refractivity contribution in [1.29, 1.82) is 0 Å². The van der Waals surface area contributed by atoms with Gasteiger partial charge in [-0.1, -0.05) is 0 Å². The highest BCUT2D eigenvalue weighted by Gasteiger charge is 2.31. The van der Waals surface area contributed by atoms with Gasteiger partial charge in [-0.2, -0.15) is 5.10 Å². The molecule has 2 amide bonds. The molecule has 2 fully saturated rings. The summed E-state index contributed by atoms with van der Waals surface area (Å²) in [6.45, 7) is 2.77. The molecule has 2 saturated heterocycles. The van der Waals surface area contributed by atoms with E-state index in [1.807, 2.05) is 0 Å². The molecular weight excluding hydrogens is 262 g/mol. The average molecular weight is 279 g/mol. The van der Waals surface area contributed by atoms with Gasteiger partial charge in [0.2, 0.25) is 5.82 Å². The molecule has 20 heavy (non-hydrogen) atoms. The molecule has 0 aromatic carbocycles. The van der Waals surface area contributed by atoms with E-state index in [0.717, 1.165) is 12.8 Å². The molecule has 0 radical (unpaired) electrons. The number of nitrogens with zero attached hydrogens (tertiary/aromatic N) is 4. The predicted molar refractivity (Wildman–Crippen MR) is 67.8 cm³/mol. The molecular formula is C12H17N5O3. The second-order valence-electron chi connectivity index (χ2n) is 4.95. The highest BCUT2D eigenvalue weighted by molar-refractivity contribution is 5.90. The molecule has 108 valence electrons. The lowest BCUT2D eigenvalue weighted by atomic mass is 10.2. The molecule has 1 N–H and O–H groups in total. The Bertz CT molecular complexity index is 475. The Morgan fingerprint density at radius 1 is 1.25 bits per heavy atom. The summed E-state index contributed by atoms with van der Waals surface area (Å²) in [5.41, 5.74) is 0. The van der Waals surface area contributed by atoms with E-state index in [-0.39, 0.29) is 23.7 Å². The van der Waals surface area contributed by atoms with Crippen LogP contribution in [0, 0.1) is 0 Å². The first-order chi connectivity index (χ1) is 9.75. The molecule has 2 aliphatic rings. The van der Waals surface area contributed by atoms with Gasteiger partial charge in [-0.25, -0.2) is 4.98 Å². The summed E-state index contributed by atoms with van der Waals surface area (Å²) in [5.74, 6) is 0.116. The van der Waals surface area contributed by atoms with Crippen LogP contribution in [-0.2, 0) is 9.53 Å². The van der Waals surface area contributed by atoms with E-state index in [2.05, 4.69) is 15.2 Å². The van der Waals surface area contributed by atoms with Gasteiger partial charge in [0.25, 0.3) is 11.8 Å². The normalized spacial score (nSPS) is 23.1. The number of aromatic amines is 1. The zero-order chi connectivity index (χ0) is 13.9. The van der Waals surface area contributed by atoms with Gasteiger partial charge in [0, 0.05) is 32.8 Å². The van der Waals surface area contributed by atoms with Crippen LogP contribution in [0.3, 0.4) is 0 Å². The van der Waals surface area contributed by atoms with Crippen molar-refractivity contribution in [2.75, 3.05) is 32.8 Å². The smallest absolute Gasteiger partial charge is 0.291 e. The lowest BCUT2D eigenvalue weighted by molar-refractivity contribution is -0.142. The quantitative estimate of drug-likeness (QED) is 0.770. The number of piperazine rings is 1. The van der Waals surface area contributed by atoms with Gasteiger partial charge in [0.05, 0.1) is 0 Å². The van der Waals surface area contributed by atoms with Crippen molar-refractivity contribution >= 4 is 11.8 Å². The molecule has 0 aliphatic carbocycles. The zero-order valence-electron chi connectivity index (χ0n) is 11.1. The van der Waals surface area contributed by atoms with Crippen LogP contribution in [0.15, 0.2) is 6.33 Å². The third-order valence-electron chi connectivity index (χ3n) is 3.70. The molecule has 0 spiro atoms. The summed E-state index contributed by atoms with van der Waals surface area (Å²) in [5, 5.41) is 6.23. The zero-order valence-corrected chi connectivity index (χ0v) is 11.1. The van der Waals surface area contributed by atoms with Crippen LogP contribution in [-0.4, -0.2) is 75.7 Å². The van der Waals surface area contributed by atoms with Crippen LogP contribution in [0.5, 0.6) is 0 Å². The Morgan fingerprint density at radius 2 is 2.00 bits per heavy atom. The molecule has 0 saturated carbocycles. The molecule has 3 heterocycles. The van der Waals surface area contributed by atoms with Gasteiger partial charge in [-0.15, -0.1) is 0 Å². The average Bonchev–Trinajstić information content (AvgIpc) is 3.18. The highest BCUT2D eigenvalue weighted by Crippen LogP contribution is 2.16. The molecule has 1 atom stereocenters. The molecule has 8 nitrogen and oxygen atoms in total. The number of aromatic nitrogens is 3. The summed E-state index contributed by atoms with van der Waals surface area (Å²) in [6.07, 6.45) is 2.77. The first-order valence-electron chi connectivity index (χ1n) is 6.81. The maximum atomic E-state index is 12.2. The minimum atomic E-state index is -0.286. The second-order valence-corrected chi connectivity index (χ2v) is 4.95. The molecule has 1 aromatic rings. The minimum Gasteiger partial charge on any atom is -0.368 e. The number of hydrogen-bond acceptors (Lipinski definition) is 5. The lowest BCUT2D eigenvalue weighted by Gasteiger charge is -2.35. The van der Waals surface area contributed by atoms with Crippen LogP contribution >= 0.6 is 0 Å². The third-order valence-corrected chi connectivity index (χ3v) is 3.70. The molecule has 3 rings (SSSR count). The summed E-state index contributed by atoms with van der Waals surface area (Å²) in [7, 11) is 0. The number of amides is 2. The van der Waals surface area contributed by atoms with Crippen molar-refractivity contribution in [2.45, 2.75) is 18.9 Å². The van der Waals surface area contributed by atoms with Crippen molar-refractivity contribution in [2.24, 2.45) is 0 Å². The number of carbonyl (C=O) groups excluding carboxylic acids is 2. The standard InChI is InChI=1S/C12H17N5O3/c18-11(9-2-1-7-20-9)16-3-5-17(6-4-16)12(19)10-13-8-14-15-10/h8-9H,1-7H2,(H,13,14,15). The Balaban J connectivity index is 1.54. The molecule has 8 heteroatoms. The highest BCUT2D eigenvalue weighted by atomic mass is 16.5. The summed E-state index contributed by atoms with van der Waals surface area (Å²) in [4.78, 5) is 31.5. The number of carbonyl (C=O) groups is 2. The maximum absolute atomic E-state index is 12.2. The Morgan fingerprint density at radius 3 is 2.60 bits per heavy atom. The number of H-pyrrole nitrogens is 1. The van der Waals surface area contributed by atoms with E-state index in [9.17, 15) is 9.59 Å². The maximum Gasteiger partial charge on any atom is 0.291 e. The molecule has 1 unspecified atom stereocenters. The fraction of sp³-hybridized carbons (Fsp3) is 0.667. The van der Waals surface area contributed by atoms with Crippen molar-refractivity contribution < 1.29 is 14.3 Å². The summed E-state index contributed by atoms with van der Waals surface area (Å²) < 4.78 is 5.41. The number of rotatable bonds is 2. The van der Waals surface area contributed by atoms with Gasteiger partial charge in [-0.05, 0) is 12.8 Å². The van der Waals surface area contributed by atoms with Crippen molar-refractivity contribution in [3.8, 4) is 0 Å². The van der Waals surface area contributed by atoms with Crippen molar-refractivity contribution in [1.82, 2.24) is 25.0 Å². The fourth-order valence-corrected chi connectivity index (χ4v) is 2.56. The number of hydrogen-bond donors (Lipinski definition) is 1. The Hall–Kier alpha value is -1.96. The van der Waals surface area contributed by atoms with E-state index < -0.39 is 0 Å².